The molecule has 0 saturated carbocycles. The number of hydrogen-bond acceptors (Lipinski definition) is 10. The minimum atomic E-state index is -0.909. The highest BCUT2D eigenvalue weighted by atomic mass is 32.1. The number of aryl methyl sites for hydroxylation is 2. The Hall–Kier alpha value is -4.16. The van der Waals surface area contributed by atoms with E-state index in [1.807, 2.05) is 6.92 Å². The lowest BCUT2D eigenvalue weighted by Crippen LogP contribution is -2.43. The molecule has 2 N–H and O–H groups in total. The zero-order valence-corrected chi connectivity index (χ0v) is 24.4. The van der Waals surface area contributed by atoms with Gasteiger partial charge in [0.05, 0.1) is 28.8 Å². The van der Waals surface area contributed by atoms with Gasteiger partial charge in [-0.3, -0.25) is 4.90 Å². The molecule has 2 saturated heterocycles. The lowest BCUT2D eigenvalue weighted by molar-refractivity contribution is 0.107. The number of fused-ring (bicyclic) bond motifs is 3. The van der Waals surface area contributed by atoms with E-state index in [0.29, 0.717) is 30.5 Å². The number of aromatic hydroxyl groups is 1. The van der Waals surface area contributed by atoms with E-state index in [0.717, 1.165) is 30.0 Å². The summed E-state index contributed by atoms with van der Waals surface area (Å²) in [5.74, 6) is -0.327. The maximum atomic E-state index is 15.1. The average Bonchev–Trinajstić information content (AvgIpc) is 3.65. The summed E-state index contributed by atoms with van der Waals surface area (Å²) in [4.78, 5) is 30.2. The largest absolute Gasteiger partial charge is 0.508 e. The minimum absolute atomic E-state index is 0.0335. The lowest BCUT2D eigenvalue weighted by atomic mass is 9.95. The van der Waals surface area contributed by atoms with Gasteiger partial charge in [0, 0.05) is 34.4 Å². The first-order valence-electron chi connectivity index (χ1n) is 14.1. The fraction of sp³-hybridized carbons (Fsp3) is 0.355. The Kier molecular flexibility index (Phi) is 6.77. The highest BCUT2D eigenvalue weighted by Gasteiger charge is 2.49. The third-order valence-electron chi connectivity index (χ3n) is 8.63. The molecule has 0 bridgehead atoms. The van der Waals surface area contributed by atoms with Gasteiger partial charge in [-0.15, -0.1) is 11.3 Å². The number of phenols is 1. The molecule has 0 radical (unpaired) electrons. The van der Waals surface area contributed by atoms with Gasteiger partial charge in [0.15, 0.2) is 0 Å². The topological polar surface area (TPSA) is 114 Å². The van der Waals surface area contributed by atoms with Crippen molar-refractivity contribution in [2.24, 2.45) is 0 Å². The van der Waals surface area contributed by atoms with E-state index in [9.17, 15) is 14.3 Å². The van der Waals surface area contributed by atoms with Crippen LogP contribution in [0.3, 0.4) is 0 Å². The maximum absolute atomic E-state index is 15.1. The summed E-state index contributed by atoms with van der Waals surface area (Å²) >= 11 is 1.48. The molecule has 2 aliphatic heterocycles. The van der Waals surface area contributed by atoms with Crippen LogP contribution >= 0.6 is 11.3 Å². The molecule has 222 valence electrons. The van der Waals surface area contributed by atoms with Crippen LogP contribution in [0.15, 0.2) is 45.1 Å². The van der Waals surface area contributed by atoms with E-state index < -0.39 is 23.2 Å². The number of thiazole rings is 1. The van der Waals surface area contributed by atoms with Gasteiger partial charge in [-0.1, -0.05) is 12.1 Å². The predicted molar refractivity (Wildman–Crippen MR) is 160 cm³/mol. The van der Waals surface area contributed by atoms with E-state index in [-0.39, 0.29) is 51.8 Å². The quantitative estimate of drug-likeness (QED) is 0.235. The molecular formula is C31H29F2N5O4S. The Balaban J connectivity index is 1.37. The zero-order valence-electron chi connectivity index (χ0n) is 23.6. The fourth-order valence-electron chi connectivity index (χ4n) is 6.54. The van der Waals surface area contributed by atoms with Gasteiger partial charge in [0.1, 0.15) is 41.3 Å². The van der Waals surface area contributed by atoms with Crippen LogP contribution in [0.5, 0.6) is 11.8 Å². The summed E-state index contributed by atoms with van der Waals surface area (Å²) < 4.78 is 41.5. The second-order valence-electron chi connectivity index (χ2n) is 11.3. The first kappa shape index (κ1) is 27.7. The summed E-state index contributed by atoms with van der Waals surface area (Å²) in [6, 6.07) is 7.38. The first-order chi connectivity index (χ1) is 20.7. The van der Waals surface area contributed by atoms with Crippen molar-refractivity contribution in [1.82, 2.24) is 19.9 Å². The van der Waals surface area contributed by atoms with Crippen LogP contribution in [-0.2, 0) is 6.54 Å². The van der Waals surface area contributed by atoms with Crippen molar-refractivity contribution in [2.75, 3.05) is 25.0 Å². The smallest absolute Gasteiger partial charge is 0.349 e. The van der Waals surface area contributed by atoms with E-state index >= 15 is 4.39 Å². The Morgan fingerprint density at radius 1 is 1.26 bits per heavy atom. The molecule has 2 atom stereocenters. The van der Waals surface area contributed by atoms with Crippen molar-refractivity contribution in [3.8, 4) is 23.1 Å². The Bertz CT molecular complexity index is 1950. The van der Waals surface area contributed by atoms with E-state index in [1.165, 1.54) is 29.5 Å². The number of ether oxygens (including phenoxy) is 1. The van der Waals surface area contributed by atoms with Crippen molar-refractivity contribution in [3.63, 3.8) is 0 Å². The number of nitrogens with one attached hydrogen (secondary N) is 1. The molecule has 12 heteroatoms. The van der Waals surface area contributed by atoms with Crippen LogP contribution in [0.4, 0.5) is 14.6 Å². The van der Waals surface area contributed by atoms with Gasteiger partial charge in [-0.05, 0) is 56.8 Å². The molecule has 0 unspecified atom stereocenters. The molecule has 5 heterocycles. The number of anilines is 1. The number of alkyl halides is 1. The number of phenolic OH excluding ortho intramolecular Hbond substituents is 1. The average molecular weight is 606 g/mol. The van der Waals surface area contributed by atoms with Crippen LogP contribution in [0.2, 0.25) is 0 Å². The molecule has 2 aromatic carbocycles. The van der Waals surface area contributed by atoms with Crippen LogP contribution in [0.25, 0.3) is 33.0 Å². The maximum Gasteiger partial charge on any atom is 0.349 e. The van der Waals surface area contributed by atoms with Gasteiger partial charge in [-0.2, -0.15) is 9.97 Å². The number of halogens is 2. The van der Waals surface area contributed by atoms with Crippen molar-refractivity contribution < 1.29 is 23.0 Å². The number of benzene rings is 2. The van der Waals surface area contributed by atoms with Crippen molar-refractivity contribution in [1.29, 1.82) is 0 Å². The molecule has 0 spiro atoms. The van der Waals surface area contributed by atoms with Crippen LogP contribution < -0.4 is 15.7 Å². The van der Waals surface area contributed by atoms with E-state index in [2.05, 4.69) is 25.2 Å². The molecule has 43 heavy (non-hydrogen) atoms. The van der Waals surface area contributed by atoms with E-state index in [4.69, 9.17) is 9.15 Å². The first-order valence-corrected chi connectivity index (χ1v) is 15.0. The molecular weight excluding hydrogens is 576 g/mol. The number of aromatic nitrogens is 3. The van der Waals surface area contributed by atoms with Crippen LogP contribution in [0, 0.1) is 19.7 Å². The zero-order chi connectivity index (χ0) is 29.9. The second-order valence-corrected chi connectivity index (χ2v) is 12.3. The third kappa shape index (κ3) is 4.78. The highest BCUT2D eigenvalue weighted by Crippen LogP contribution is 2.41. The molecule has 2 fully saturated rings. The number of nitrogens with zero attached hydrogens (tertiary/aromatic N) is 4. The molecule has 5 aromatic rings. The van der Waals surface area contributed by atoms with E-state index in [1.54, 1.807) is 24.6 Å². The number of rotatable bonds is 7. The summed E-state index contributed by atoms with van der Waals surface area (Å²) in [7, 11) is 0. The highest BCUT2D eigenvalue weighted by molar-refractivity contribution is 7.09. The summed E-state index contributed by atoms with van der Waals surface area (Å²) in [6.07, 6.45) is 1.26. The molecule has 2 aliphatic rings. The number of hydrogen-bond donors (Lipinski definition) is 2. The third-order valence-corrected chi connectivity index (χ3v) is 9.57. The van der Waals surface area contributed by atoms with Gasteiger partial charge >= 0.3 is 11.6 Å². The standard InChI is InChI=1S/C31H29F2N5O4S/c1-16-26-25(29(40)42-27(16)21-10-20(39)9-18-5-3-6-22(33)24(18)21)28(34-12-23-17(2)35-15-43-23)37-30(36-26)41-14-31-7-4-8-38(31)13-19(32)11-31/h3,5-6,9-10,15,19,39H,4,7-8,11-14H2,1-2H3,(H,34,36,37)/t19-,31+/m1/s1. The van der Waals surface area contributed by atoms with Gasteiger partial charge in [0.25, 0.3) is 0 Å². The molecule has 0 aliphatic carbocycles. The molecule has 9 nitrogen and oxygen atoms in total. The Morgan fingerprint density at radius 2 is 2.12 bits per heavy atom. The monoisotopic (exact) mass is 605 g/mol. The van der Waals surface area contributed by atoms with Crippen molar-refractivity contribution >= 4 is 38.8 Å². The summed E-state index contributed by atoms with van der Waals surface area (Å²) in [5, 5.41) is 14.5. The van der Waals surface area contributed by atoms with Gasteiger partial charge in [-0.25, -0.2) is 18.6 Å². The Labute approximate surface area is 249 Å². The Morgan fingerprint density at radius 3 is 2.93 bits per heavy atom. The molecule has 3 aromatic heterocycles. The normalized spacial score (nSPS) is 20.2. The van der Waals surface area contributed by atoms with Gasteiger partial charge < -0.3 is 19.6 Å². The predicted octanol–water partition coefficient (Wildman–Crippen LogP) is 5.89. The van der Waals surface area contributed by atoms with Crippen molar-refractivity contribution in [2.45, 2.75) is 51.4 Å². The minimum Gasteiger partial charge on any atom is -0.508 e. The molecule has 0 amide bonds. The lowest BCUT2D eigenvalue weighted by Gasteiger charge is -2.30. The summed E-state index contributed by atoms with van der Waals surface area (Å²) in [5.41, 5.74) is 2.39. The SMILES string of the molecule is Cc1ncsc1CNc1nc(OC[C@@]23CCCN2C[C@H](F)C3)nc2c(C)c(-c3cc(O)cc4cccc(F)c34)oc(=O)c12. The van der Waals surface area contributed by atoms with Crippen LogP contribution in [-0.4, -0.2) is 56.4 Å². The van der Waals surface area contributed by atoms with Gasteiger partial charge in [0.2, 0.25) is 0 Å². The summed E-state index contributed by atoms with van der Waals surface area (Å²) in [6.45, 7) is 5.39. The second kappa shape index (κ2) is 10.5. The van der Waals surface area contributed by atoms with Crippen molar-refractivity contribution in [3.05, 3.63) is 68.2 Å². The molecule has 7 rings (SSSR count). The fourth-order valence-corrected chi connectivity index (χ4v) is 7.25. The van der Waals surface area contributed by atoms with Crippen LogP contribution in [0.1, 0.15) is 35.4 Å².